The van der Waals surface area contributed by atoms with Crippen LogP contribution in [-0.4, -0.2) is 18.5 Å². The Hall–Kier alpha value is -1.53. The zero-order valence-electron chi connectivity index (χ0n) is 16.5. The summed E-state index contributed by atoms with van der Waals surface area (Å²) in [5.74, 6) is 0.108. The topological polar surface area (TPSA) is 27.0 Å². The molecule has 2 nitrogen and oxygen atoms in total. The van der Waals surface area contributed by atoms with E-state index in [1.165, 1.54) is 5.56 Å². The second kappa shape index (κ2) is 9.60. The molecule has 4 heteroatoms. The second-order valence-corrected chi connectivity index (χ2v) is 8.32. The molecular weight excluding hydrogens is 375 g/mol. The van der Waals surface area contributed by atoms with E-state index < -0.39 is 5.41 Å². The molecule has 2 unspecified atom stereocenters. The highest BCUT2D eigenvalue weighted by Gasteiger charge is 2.39. The molecule has 2 atom stereocenters. The number of nitrogens with zero attached hydrogens (tertiary/aromatic N) is 2. The Morgan fingerprint density at radius 2 is 1.59 bits per heavy atom. The molecule has 0 saturated carbocycles. The summed E-state index contributed by atoms with van der Waals surface area (Å²) < 4.78 is 0. The summed E-state index contributed by atoms with van der Waals surface area (Å²) in [7, 11) is 2.13. The third-order valence-corrected chi connectivity index (χ3v) is 6.25. The van der Waals surface area contributed by atoms with Crippen LogP contribution in [0.4, 0.5) is 0 Å². The average Bonchev–Trinajstić information content (AvgIpc) is 2.66. The van der Waals surface area contributed by atoms with Crippen LogP contribution in [0.3, 0.4) is 0 Å². The van der Waals surface area contributed by atoms with Gasteiger partial charge < -0.3 is 0 Å². The van der Waals surface area contributed by atoms with Gasteiger partial charge in [-0.2, -0.15) is 5.26 Å². The molecule has 0 aliphatic heterocycles. The number of nitriles is 1. The highest BCUT2D eigenvalue weighted by atomic mass is 35.5. The van der Waals surface area contributed by atoms with Gasteiger partial charge in [-0.3, -0.25) is 4.90 Å². The first-order valence-electron chi connectivity index (χ1n) is 9.44. The number of halogens is 2. The molecule has 0 fully saturated rings. The summed E-state index contributed by atoms with van der Waals surface area (Å²) in [4.78, 5) is 2.33. The van der Waals surface area contributed by atoms with E-state index in [0.717, 1.165) is 24.9 Å². The van der Waals surface area contributed by atoms with Crippen molar-refractivity contribution in [2.24, 2.45) is 5.92 Å². The number of rotatable bonds is 8. The zero-order valence-corrected chi connectivity index (χ0v) is 18.1. The predicted molar refractivity (Wildman–Crippen MR) is 115 cm³/mol. The molecule has 0 amide bonds. The Kier molecular flexibility index (Phi) is 7.74. The fourth-order valence-electron chi connectivity index (χ4n) is 3.65. The highest BCUT2D eigenvalue weighted by molar-refractivity contribution is 6.36. The third kappa shape index (κ3) is 4.85. The maximum Gasteiger partial charge on any atom is 0.0874 e. The summed E-state index contributed by atoms with van der Waals surface area (Å²) in [6.07, 6.45) is 1.61. The Bertz CT molecular complexity index is 762. The summed E-state index contributed by atoms with van der Waals surface area (Å²) in [6, 6.07) is 18.8. The van der Waals surface area contributed by atoms with Gasteiger partial charge in [0, 0.05) is 21.7 Å². The van der Waals surface area contributed by atoms with Crippen LogP contribution in [0.1, 0.15) is 50.8 Å². The van der Waals surface area contributed by atoms with Crippen molar-refractivity contribution in [2.75, 3.05) is 13.6 Å². The molecule has 0 spiro atoms. The highest BCUT2D eigenvalue weighted by Crippen LogP contribution is 2.43. The van der Waals surface area contributed by atoms with Crippen molar-refractivity contribution in [3.05, 3.63) is 69.7 Å². The van der Waals surface area contributed by atoms with Crippen LogP contribution in [0, 0.1) is 17.2 Å². The van der Waals surface area contributed by atoms with Crippen LogP contribution in [0.15, 0.2) is 48.5 Å². The van der Waals surface area contributed by atoms with Crippen LogP contribution in [0.25, 0.3) is 0 Å². The first-order valence-corrected chi connectivity index (χ1v) is 10.2. The molecule has 27 heavy (non-hydrogen) atoms. The van der Waals surface area contributed by atoms with Gasteiger partial charge in [-0.05, 0) is 57.0 Å². The molecule has 0 aromatic heterocycles. The van der Waals surface area contributed by atoms with Gasteiger partial charge in [-0.15, -0.1) is 0 Å². The van der Waals surface area contributed by atoms with Crippen molar-refractivity contribution in [2.45, 2.75) is 45.1 Å². The van der Waals surface area contributed by atoms with E-state index in [0.29, 0.717) is 16.1 Å². The maximum atomic E-state index is 10.1. The van der Waals surface area contributed by atoms with Crippen LogP contribution in [0.5, 0.6) is 0 Å². The van der Waals surface area contributed by atoms with Crippen LogP contribution < -0.4 is 0 Å². The van der Waals surface area contributed by atoms with E-state index >= 15 is 0 Å². The Balaban J connectivity index is 2.15. The van der Waals surface area contributed by atoms with Crippen LogP contribution in [-0.2, 0) is 5.41 Å². The lowest BCUT2D eigenvalue weighted by Crippen LogP contribution is -2.33. The lowest BCUT2D eigenvalue weighted by molar-refractivity contribution is 0.241. The number of hydrogen-bond acceptors (Lipinski definition) is 2. The molecule has 2 rings (SSSR count). The van der Waals surface area contributed by atoms with Crippen molar-refractivity contribution in [1.82, 2.24) is 4.90 Å². The second-order valence-electron chi connectivity index (χ2n) is 7.51. The minimum Gasteiger partial charge on any atom is -0.300 e. The van der Waals surface area contributed by atoms with E-state index in [2.05, 4.69) is 63.1 Å². The van der Waals surface area contributed by atoms with Crippen LogP contribution in [0.2, 0.25) is 10.0 Å². The standard InChI is InChI=1S/C23H28Cl2N2/c1-17(2)23(16-26,22-20(24)12-8-13-21(22)25)14-9-15-27(4)18(3)19-10-6-5-7-11-19/h5-8,10-13,17-18H,9,14-15H2,1-4H3. The molecule has 144 valence electrons. The predicted octanol–water partition coefficient (Wildman–Crippen LogP) is 6.88. The molecule has 0 aliphatic rings. The van der Waals surface area contributed by atoms with Gasteiger partial charge in [0.2, 0.25) is 0 Å². The van der Waals surface area contributed by atoms with Gasteiger partial charge in [0.1, 0.15) is 0 Å². The van der Waals surface area contributed by atoms with E-state index in [1.54, 1.807) is 0 Å². The molecule has 0 saturated heterocycles. The SMILES string of the molecule is CC(c1ccccc1)N(C)CCCC(C#N)(c1c(Cl)cccc1Cl)C(C)C. The summed E-state index contributed by atoms with van der Waals surface area (Å²) in [5.41, 5.74) is 1.38. The summed E-state index contributed by atoms with van der Waals surface area (Å²) in [5, 5.41) is 11.3. The van der Waals surface area contributed by atoms with Gasteiger partial charge in [-0.25, -0.2) is 0 Å². The van der Waals surface area contributed by atoms with Crippen LogP contribution >= 0.6 is 23.2 Å². The van der Waals surface area contributed by atoms with Crippen molar-refractivity contribution < 1.29 is 0 Å². The van der Waals surface area contributed by atoms with Gasteiger partial charge in [0.05, 0.1) is 11.5 Å². The lowest BCUT2D eigenvalue weighted by atomic mass is 9.69. The molecule has 0 heterocycles. The first-order chi connectivity index (χ1) is 12.8. The van der Waals surface area contributed by atoms with E-state index in [4.69, 9.17) is 23.2 Å². The van der Waals surface area contributed by atoms with E-state index in [1.807, 2.05) is 24.3 Å². The molecule has 2 aromatic rings. The monoisotopic (exact) mass is 402 g/mol. The minimum atomic E-state index is -0.688. The number of hydrogen-bond donors (Lipinski definition) is 0. The molecule has 0 aliphatic carbocycles. The van der Waals surface area contributed by atoms with Crippen molar-refractivity contribution in [3.63, 3.8) is 0 Å². The van der Waals surface area contributed by atoms with Crippen molar-refractivity contribution >= 4 is 23.2 Å². The average molecular weight is 403 g/mol. The van der Waals surface area contributed by atoms with Crippen molar-refractivity contribution in [3.8, 4) is 6.07 Å². The summed E-state index contributed by atoms with van der Waals surface area (Å²) >= 11 is 12.9. The smallest absolute Gasteiger partial charge is 0.0874 e. The zero-order chi connectivity index (χ0) is 20.0. The lowest BCUT2D eigenvalue weighted by Gasteiger charge is -2.34. The normalized spacial score (nSPS) is 14.8. The molecule has 0 N–H and O–H groups in total. The van der Waals surface area contributed by atoms with Gasteiger partial charge >= 0.3 is 0 Å². The quantitative estimate of drug-likeness (QED) is 0.480. The largest absolute Gasteiger partial charge is 0.300 e. The van der Waals surface area contributed by atoms with E-state index in [-0.39, 0.29) is 5.92 Å². The van der Waals surface area contributed by atoms with Gasteiger partial charge in [0.15, 0.2) is 0 Å². The minimum absolute atomic E-state index is 0.108. The van der Waals surface area contributed by atoms with Gasteiger partial charge in [-0.1, -0.05) is 73.4 Å². The molecule has 0 radical (unpaired) electrons. The number of benzene rings is 2. The molecule has 2 aromatic carbocycles. The fourth-order valence-corrected chi connectivity index (χ4v) is 4.39. The van der Waals surface area contributed by atoms with Crippen molar-refractivity contribution in [1.29, 1.82) is 5.26 Å². The Labute approximate surface area is 173 Å². The molecule has 0 bridgehead atoms. The molecular formula is C23H28Cl2N2. The Morgan fingerprint density at radius 3 is 2.11 bits per heavy atom. The fraction of sp³-hybridized carbons (Fsp3) is 0.435. The Morgan fingerprint density at radius 1 is 1.00 bits per heavy atom. The third-order valence-electron chi connectivity index (χ3n) is 5.62. The summed E-state index contributed by atoms with van der Waals surface area (Å²) in [6.45, 7) is 7.24. The first kappa shape index (κ1) is 21.8. The van der Waals surface area contributed by atoms with E-state index in [9.17, 15) is 5.26 Å². The van der Waals surface area contributed by atoms with Gasteiger partial charge in [0.25, 0.3) is 0 Å². The maximum absolute atomic E-state index is 10.1.